The molecule has 0 saturated carbocycles. The maximum Gasteiger partial charge on any atom is 0.417 e. The minimum absolute atomic E-state index is 0.206. The third kappa shape index (κ3) is 1.57. The van der Waals surface area contributed by atoms with Crippen LogP contribution in [0.2, 0.25) is 0 Å². The van der Waals surface area contributed by atoms with E-state index in [4.69, 9.17) is 5.73 Å². The number of nitrogens with zero attached hydrogens (tertiary/aromatic N) is 1. The van der Waals surface area contributed by atoms with Crippen molar-refractivity contribution in [3.8, 4) is 0 Å². The van der Waals surface area contributed by atoms with Gasteiger partial charge < -0.3 is 10.3 Å². The first-order valence-corrected chi connectivity index (χ1v) is 4.79. The van der Waals surface area contributed by atoms with Crippen molar-refractivity contribution in [2.24, 2.45) is 12.8 Å². The fourth-order valence-electron chi connectivity index (χ4n) is 1.86. The number of aryl methyl sites for hydroxylation is 1. The highest BCUT2D eigenvalue weighted by Gasteiger charge is 2.32. The largest absolute Gasteiger partial charge is 0.417 e. The molecular weight excluding hydrogens is 217 g/mol. The molecule has 1 aromatic carbocycles. The zero-order valence-corrected chi connectivity index (χ0v) is 8.67. The maximum absolute atomic E-state index is 12.7. The third-order valence-corrected chi connectivity index (χ3v) is 2.70. The quantitative estimate of drug-likeness (QED) is 0.799. The Hall–Kier alpha value is -1.49. The molecular formula is C11H11F3N2. The van der Waals surface area contributed by atoms with Gasteiger partial charge in [-0.15, -0.1) is 0 Å². The first-order chi connectivity index (χ1) is 7.45. The highest BCUT2D eigenvalue weighted by atomic mass is 19.4. The van der Waals surface area contributed by atoms with Crippen molar-refractivity contribution in [1.82, 2.24) is 4.57 Å². The minimum Gasteiger partial charge on any atom is -0.346 e. The van der Waals surface area contributed by atoms with E-state index in [1.807, 2.05) is 0 Å². The van der Waals surface area contributed by atoms with Gasteiger partial charge in [0.1, 0.15) is 0 Å². The molecule has 2 nitrogen and oxygen atoms in total. The maximum atomic E-state index is 12.7. The van der Waals surface area contributed by atoms with Crippen molar-refractivity contribution in [1.29, 1.82) is 0 Å². The predicted molar refractivity (Wildman–Crippen MR) is 55.8 cm³/mol. The minimum atomic E-state index is -4.33. The average Bonchev–Trinajstić information content (AvgIpc) is 2.54. The number of hydrogen-bond donors (Lipinski definition) is 1. The molecule has 0 fully saturated rings. The second-order valence-corrected chi connectivity index (χ2v) is 3.63. The Morgan fingerprint density at radius 1 is 1.31 bits per heavy atom. The fraction of sp³-hybridized carbons (Fsp3) is 0.273. The lowest BCUT2D eigenvalue weighted by Gasteiger charge is -2.07. The van der Waals surface area contributed by atoms with Gasteiger partial charge in [0.05, 0.1) is 5.56 Å². The lowest BCUT2D eigenvalue weighted by molar-refractivity contribution is -0.136. The van der Waals surface area contributed by atoms with Gasteiger partial charge in [0.2, 0.25) is 0 Å². The summed E-state index contributed by atoms with van der Waals surface area (Å²) in [5.74, 6) is 0. The zero-order chi connectivity index (χ0) is 11.9. The summed E-state index contributed by atoms with van der Waals surface area (Å²) in [5.41, 5.74) is 6.10. The summed E-state index contributed by atoms with van der Waals surface area (Å²) in [6.07, 6.45) is -4.33. The SMILES string of the molecule is Cn1c(CN)cc2c(C(F)(F)F)cccc21. The molecule has 0 atom stereocenters. The van der Waals surface area contributed by atoms with E-state index in [1.54, 1.807) is 17.7 Å². The molecule has 0 spiro atoms. The van der Waals surface area contributed by atoms with Crippen LogP contribution < -0.4 is 5.73 Å². The number of aromatic nitrogens is 1. The van der Waals surface area contributed by atoms with Gasteiger partial charge in [0.15, 0.2) is 0 Å². The first-order valence-electron chi connectivity index (χ1n) is 4.79. The molecule has 0 amide bonds. The van der Waals surface area contributed by atoms with Crippen LogP contribution in [0.3, 0.4) is 0 Å². The van der Waals surface area contributed by atoms with Crippen LogP contribution in [0.25, 0.3) is 10.9 Å². The fourth-order valence-corrected chi connectivity index (χ4v) is 1.86. The standard InChI is InChI=1S/C11H11F3N2/c1-16-7(6-15)5-8-9(11(12,13)14)3-2-4-10(8)16/h2-5H,6,15H2,1H3. The first kappa shape index (κ1) is 11.0. The molecule has 0 radical (unpaired) electrons. The monoisotopic (exact) mass is 228 g/mol. The number of nitrogens with two attached hydrogens (primary N) is 1. The summed E-state index contributed by atoms with van der Waals surface area (Å²) in [5, 5.41) is 0.206. The molecule has 2 rings (SSSR count). The predicted octanol–water partition coefficient (Wildman–Crippen LogP) is 2.66. The zero-order valence-electron chi connectivity index (χ0n) is 8.67. The van der Waals surface area contributed by atoms with Gasteiger partial charge in [-0.05, 0) is 18.2 Å². The van der Waals surface area contributed by atoms with Crippen molar-refractivity contribution in [2.75, 3.05) is 0 Å². The Kier molecular flexibility index (Phi) is 2.42. The molecule has 1 aromatic heterocycles. The summed E-state index contributed by atoms with van der Waals surface area (Å²) in [6.45, 7) is 0.225. The Morgan fingerprint density at radius 3 is 2.56 bits per heavy atom. The summed E-state index contributed by atoms with van der Waals surface area (Å²) in [4.78, 5) is 0. The van der Waals surface area contributed by atoms with Crippen LogP contribution in [0.4, 0.5) is 13.2 Å². The van der Waals surface area contributed by atoms with E-state index in [-0.39, 0.29) is 11.9 Å². The summed E-state index contributed by atoms with van der Waals surface area (Å²) >= 11 is 0. The van der Waals surface area contributed by atoms with Gasteiger partial charge >= 0.3 is 6.18 Å². The van der Waals surface area contributed by atoms with Gasteiger partial charge in [0, 0.05) is 30.2 Å². The highest BCUT2D eigenvalue weighted by molar-refractivity contribution is 5.85. The van der Waals surface area contributed by atoms with Crippen LogP contribution in [0, 0.1) is 0 Å². The summed E-state index contributed by atoms with van der Waals surface area (Å²) in [7, 11) is 1.71. The van der Waals surface area contributed by atoms with E-state index >= 15 is 0 Å². The van der Waals surface area contributed by atoms with Crippen LogP contribution in [0.1, 0.15) is 11.3 Å². The van der Waals surface area contributed by atoms with Crippen molar-refractivity contribution < 1.29 is 13.2 Å². The van der Waals surface area contributed by atoms with Gasteiger partial charge in [0.25, 0.3) is 0 Å². The second-order valence-electron chi connectivity index (χ2n) is 3.63. The van der Waals surface area contributed by atoms with Crippen molar-refractivity contribution >= 4 is 10.9 Å². The van der Waals surface area contributed by atoms with E-state index < -0.39 is 11.7 Å². The van der Waals surface area contributed by atoms with E-state index in [0.29, 0.717) is 11.2 Å². The topological polar surface area (TPSA) is 30.9 Å². The van der Waals surface area contributed by atoms with Crippen molar-refractivity contribution in [2.45, 2.75) is 12.7 Å². The number of alkyl halides is 3. The normalized spacial score (nSPS) is 12.3. The molecule has 5 heteroatoms. The lowest BCUT2D eigenvalue weighted by Crippen LogP contribution is -2.05. The van der Waals surface area contributed by atoms with Crippen molar-refractivity contribution in [3.05, 3.63) is 35.5 Å². The molecule has 0 unspecified atom stereocenters. The third-order valence-electron chi connectivity index (χ3n) is 2.70. The molecule has 1 heterocycles. The van der Waals surface area contributed by atoms with Crippen molar-refractivity contribution in [3.63, 3.8) is 0 Å². The molecule has 2 aromatic rings. The lowest BCUT2D eigenvalue weighted by atomic mass is 10.1. The molecule has 2 N–H and O–H groups in total. The van der Waals surface area contributed by atoms with E-state index in [0.717, 1.165) is 6.07 Å². The van der Waals surface area contributed by atoms with E-state index in [1.165, 1.54) is 12.1 Å². The number of hydrogen-bond acceptors (Lipinski definition) is 1. The number of rotatable bonds is 1. The molecule has 0 aliphatic carbocycles. The number of fused-ring (bicyclic) bond motifs is 1. The summed E-state index contributed by atoms with van der Waals surface area (Å²) < 4.78 is 39.9. The molecule has 86 valence electrons. The number of halogens is 3. The number of benzene rings is 1. The molecule has 16 heavy (non-hydrogen) atoms. The Bertz CT molecular complexity index is 526. The smallest absolute Gasteiger partial charge is 0.346 e. The van der Waals surface area contributed by atoms with Gasteiger partial charge in [-0.25, -0.2) is 0 Å². The van der Waals surface area contributed by atoms with E-state index in [2.05, 4.69) is 0 Å². The Labute approximate surface area is 90.5 Å². The Morgan fingerprint density at radius 2 is 2.00 bits per heavy atom. The molecule has 0 bridgehead atoms. The van der Waals surface area contributed by atoms with Gasteiger partial charge in [-0.2, -0.15) is 13.2 Å². The van der Waals surface area contributed by atoms with Gasteiger partial charge in [-0.1, -0.05) is 6.07 Å². The van der Waals surface area contributed by atoms with Crippen LogP contribution in [-0.4, -0.2) is 4.57 Å². The average molecular weight is 228 g/mol. The van der Waals surface area contributed by atoms with Crippen LogP contribution in [-0.2, 0) is 19.8 Å². The molecule has 0 aliphatic heterocycles. The highest BCUT2D eigenvalue weighted by Crippen LogP contribution is 2.35. The molecule has 0 saturated heterocycles. The van der Waals surface area contributed by atoms with Gasteiger partial charge in [-0.3, -0.25) is 0 Å². The Balaban J connectivity index is 2.79. The van der Waals surface area contributed by atoms with Crippen LogP contribution in [0.5, 0.6) is 0 Å². The molecule has 0 aliphatic rings. The second kappa shape index (κ2) is 3.52. The van der Waals surface area contributed by atoms with Crippen LogP contribution in [0.15, 0.2) is 24.3 Å². The summed E-state index contributed by atoms with van der Waals surface area (Å²) in [6, 6.07) is 5.65. The van der Waals surface area contributed by atoms with E-state index in [9.17, 15) is 13.2 Å². The van der Waals surface area contributed by atoms with Crippen LogP contribution >= 0.6 is 0 Å².